The van der Waals surface area contributed by atoms with Crippen LogP contribution in [0.15, 0.2) is 36.4 Å². The molecule has 0 aromatic heterocycles. The summed E-state index contributed by atoms with van der Waals surface area (Å²) in [5, 5.41) is 8.82. The molecule has 0 spiro atoms. The highest BCUT2D eigenvalue weighted by atomic mass is 14.3. The molecule has 0 amide bonds. The third kappa shape index (κ3) is 3.96. The predicted octanol–water partition coefficient (Wildman–Crippen LogP) is 5.19. The summed E-state index contributed by atoms with van der Waals surface area (Å²) in [6, 6.07) is 10.3. The Morgan fingerprint density at radius 3 is 2.42 bits per heavy atom. The molecule has 1 saturated carbocycles. The smallest absolute Gasteiger partial charge is 0.0991 e. The molecule has 0 saturated heterocycles. The molecule has 0 aliphatic heterocycles. The third-order valence-electron chi connectivity index (χ3n) is 4.15. The van der Waals surface area contributed by atoms with Crippen LogP contribution >= 0.6 is 0 Å². The Kier molecular flexibility index (Phi) is 5.21. The van der Waals surface area contributed by atoms with Gasteiger partial charge in [0.2, 0.25) is 0 Å². The summed E-state index contributed by atoms with van der Waals surface area (Å²) in [5.74, 6) is 1.49. The van der Waals surface area contributed by atoms with Gasteiger partial charge < -0.3 is 0 Å². The van der Waals surface area contributed by atoms with Crippen molar-refractivity contribution in [2.45, 2.75) is 51.4 Å². The minimum atomic E-state index is 0.698. The lowest BCUT2D eigenvalue weighted by Crippen LogP contribution is -2.11. The normalized spacial score (nSPS) is 23.4. The Morgan fingerprint density at radius 2 is 1.84 bits per heavy atom. The number of hydrogen-bond donors (Lipinski definition) is 0. The molecule has 1 aliphatic carbocycles. The number of rotatable bonds is 4. The van der Waals surface area contributed by atoms with E-state index in [0.717, 1.165) is 11.5 Å². The summed E-state index contributed by atoms with van der Waals surface area (Å²) in [6.07, 6.45) is 12.4. The second-order valence-corrected chi connectivity index (χ2v) is 5.56. The first kappa shape index (κ1) is 13.9. The number of benzene rings is 1. The summed E-state index contributed by atoms with van der Waals surface area (Å²) < 4.78 is 0. The van der Waals surface area contributed by atoms with Crippen LogP contribution in [0.4, 0.5) is 0 Å². The maximum atomic E-state index is 8.82. The molecule has 19 heavy (non-hydrogen) atoms. The first-order valence-corrected chi connectivity index (χ1v) is 7.50. The first-order valence-electron chi connectivity index (χ1n) is 7.50. The van der Waals surface area contributed by atoms with E-state index in [0.29, 0.717) is 5.92 Å². The van der Waals surface area contributed by atoms with Crippen LogP contribution in [0.2, 0.25) is 0 Å². The lowest BCUT2D eigenvalue weighted by molar-refractivity contribution is 0.375. The van der Waals surface area contributed by atoms with Crippen molar-refractivity contribution in [1.29, 1.82) is 5.26 Å². The lowest BCUT2D eigenvalue weighted by Gasteiger charge is -2.27. The highest BCUT2D eigenvalue weighted by Crippen LogP contribution is 2.36. The van der Waals surface area contributed by atoms with Gasteiger partial charge in [-0.25, -0.2) is 0 Å². The Bertz CT molecular complexity index is 442. The molecule has 1 heteroatoms. The van der Waals surface area contributed by atoms with Gasteiger partial charge in [-0.2, -0.15) is 5.26 Å². The maximum Gasteiger partial charge on any atom is 0.0991 e. The molecule has 0 radical (unpaired) electrons. The molecule has 2 rings (SSSR count). The predicted molar refractivity (Wildman–Crippen MR) is 79.9 cm³/mol. The van der Waals surface area contributed by atoms with Crippen molar-refractivity contribution in [3.63, 3.8) is 0 Å². The van der Waals surface area contributed by atoms with E-state index in [1.165, 1.54) is 44.1 Å². The molecule has 0 N–H and O–H groups in total. The van der Waals surface area contributed by atoms with Crippen LogP contribution in [0.3, 0.4) is 0 Å². The molecule has 1 nitrogen and oxygen atoms in total. The highest BCUT2D eigenvalue weighted by Gasteiger charge is 2.20. The van der Waals surface area contributed by atoms with Crippen LogP contribution in [0.25, 0.3) is 0 Å². The number of unbranched alkanes of at least 4 members (excludes halogenated alkanes) is 1. The fourth-order valence-corrected chi connectivity index (χ4v) is 2.93. The van der Waals surface area contributed by atoms with Gasteiger partial charge in [-0.05, 0) is 61.6 Å². The highest BCUT2D eigenvalue weighted by molar-refractivity contribution is 5.33. The summed E-state index contributed by atoms with van der Waals surface area (Å²) in [4.78, 5) is 0. The fraction of sp³-hybridized carbons (Fsp3) is 0.500. The topological polar surface area (TPSA) is 23.8 Å². The van der Waals surface area contributed by atoms with Gasteiger partial charge in [0, 0.05) is 0 Å². The van der Waals surface area contributed by atoms with Gasteiger partial charge in [-0.1, -0.05) is 37.6 Å². The second-order valence-electron chi connectivity index (χ2n) is 5.56. The van der Waals surface area contributed by atoms with Gasteiger partial charge in [0.1, 0.15) is 0 Å². The van der Waals surface area contributed by atoms with Crippen molar-refractivity contribution in [3.05, 3.63) is 47.5 Å². The molecule has 1 fully saturated rings. The van der Waals surface area contributed by atoms with Crippen molar-refractivity contribution in [3.8, 4) is 6.07 Å². The van der Waals surface area contributed by atoms with Gasteiger partial charge in [-0.3, -0.25) is 0 Å². The number of nitrogens with zero attached hydrogens (tertiary/aromatic N) is 1. The van der Waals surface area contributed by atoms with E-state index in [4.69, 9.17) is 5.26 Å². The van der Waals surface area contributed by atoms with E-state index in [9.17, 15) is 0 Å². The summed E-state index contributed by atoms with van der Waals surface area (Å²) in [5.41, 5.74) is 2.18. The van der Waals surface area contributed by atoms with E-state index in [2.05, 4.69) is 37.3 Å². The molecule has 1 aromatic rings. The zero-order chi connectivity index (χ0) is 13.5. The lowest BCUT2D eigenvalue weighted by atomic mass is 9.78. The zero-order valence-electron chi connectivity index (χ0n) is 11.8. The summed E-state index contributed by atoms with van der Waals surface area (Å²) in [7, 11) is 0. The number of hydrogen-bond acceptors (Lipinski definition) is 1. The maximum absolute atomic E-state index is 8.82. The van der Waals surface area contributed by atoms with E-state index in [1.807, 2.05) is 12.1 Å². The van der Waals surface area contributed by atoms with Crippen LogP contribution in [0.1, 0.15) is 62.5 Å². The van der Waals surface area contributed by atoms with Gasteiger partial charge in [0.15, 0.2) is 0 Å². The standard InChI is InChI=1S/C18H23N/c1-2-3-4-5-15-6-10-17(11-7-15)18-12-8-16(14-19)9-13-18/h4-5,8-9,12-13,15,17H,2-3,6-7,10-11H2,1H3/b5-4-. The molecular formula is C18H23N. The van der Waals surface area contributed by atoms with Crippen LogP contribution in [0.5, 0.6) is 0 Å². The molecule has 1 aromatic carbocycles. The zero-order valence-corrected chi connectivity index (χ0v) is 11.8. The Morgan fingerprint density at radius 1 is 1.16 bits per heavy atom. The Balaban J connectivity index is 1.87. The van der Waals surface area contributed by atoms with E-state index < -0.39 is 0 Å². The molecular weight excluding hydrogens is 230 g/mol. The van der Waals surface area contributed by atoms with Gasteiger partial charge in [-0.15, -0.1) is 0 Å². The first-order chi connectivity index (χ1) is 9.33. The summed E-state index contributed by atoms with van der Waals surface area (Å²) >= 11 is 0. The number of allylic oxidation sites excluding steroid dienone is 2. The van der Waals surface area contributed by atoms with Gasteiger partial charge in [0.05, 0.1) is 11.6 Å². The molecule has 0 heterocycles. The second kappa shape index (κ2) is 7.14. The molecule has 0 bridgehead atoms. The Labute approximate surface area is 117 Å². The molecule has 1 aliphatic rings. The van der Waals surface area contributed by atoms with Crippen molar-refractivity contribution in [1.82, 2.24) is 0 Å². The van der Waals surface area contributed by atoms with Crippen molar-refractivity contribution >= 4 is 0 Å². The SMILES string of the molecule is CCC/C=C\C1CCC(c2ccc(C#N)cc2)CC1. The van der Waals surface area contributed by atoms with E-state index >= 15 is 0 Å². The van der Waals surface area contributed by atoms with Crippen LogP contribution < -0.4 is 0 Å². The average molecular weight is 253 g/mol. The average Bonchev–Trinajstić information content (AvgIpc) is 2.48. The van der Waals surface area contributed by atoms with Gasteiger partial charge >= 0.3 is 0 Å². The van der Waals surface area contributed by atoms with E-state index in [1.54, 1.807) is 0 Å². The Hall–Kier alpha value is -1.55. The quantitative estimate of drug-likeness (QED) is 0.677. The largest absolute Gasteiger partial charge is 0.192 e. The fourth-order valence-electron chi connectivity index (χ4n) is 2.93. The molecule has 0 unspecified atom stereocenters. The molecule has 100 valence electrons. The minimum absolute atomic E-state index is 0.698. The molecule has 0 atom stereocenters. The van der Waals surface area contributed by atoms with Crippen LogP contribution in [-0.4, -0.2) is 0 Å². The number of nitriles is 1. The third-order valence-corrected chi connectivity index (χ3v) is 4.15. The van der Waals surface area contributed by atoms with Crippen molar-refractivity contribution < 1.29 is 0 Å². The monoisotopic (exact) mass is 253 g/mol. The van der Waals surface area contributed by atoms with Crippen LogP contribution in [-0.2, 0) is 0 Å². The van der Waals surface area contributed by atoms with Gasteiger partial charge in [0.25, 0.3) is 0 Å². The minimum Gasteiger partial charge on any atom is -0.192 e. The van der Waals surface area contributed by atoms with Crippen molar-refractivity contribution in [2.75, 3.05) is 0 Å². The van der Waals surface area contributed by atoms with E-state index in [-0.39, 0.29) is 0 Å². The summed E-state index contributed by atoms with van der Waals surface area (Å²) in [6.45, 7) is 2.23. The van der Waals surface area contributed by atoms with Crippen LogP contribution in [0, 0.1) is 17.2 Å². The van der Waals surface area contributed by atoms with Crippen molar-refractivity contribution in [2.24, 2.45) is 5.92 Å².